The van der Waals surface area contributed by atoms with E-state index in [1.807, 2.05) is 6.07 Å². The Bertz CT molecular complexity index is 1500. The molecule has 0 radical (unpaired) electrons. The van der Waals surface area contributed by atoms with Gasteiger partial charge in [-0.2, -0.15) is 0 Å². The number of carboxylic acid groups (broad SMARTS) is 1. The first-order valence-electron chi connectivity index (χ1n) is 12.0. The molecule has 2 aliphatic rings. The second-order valence-corrected chi connectivity index (χ2v) is 11.6. The second kappa shape index (κ2) is 9.75. The van der Waals surface area contributed by atoms with Gasteiger partial charge in [-0.15, -0.1) is 11.3 Å². The van der Waals surface area contributed by atoms with Crippen LogP contribution in [0.1, 0.15) is 52.4 Å². The lowest BCUT2D eigenvalue weighted by atomic mass is 10.0. The van der Waals surface area contributed by atoms with Crippen LogP contribution in [0.2, 0.25) is 9.36 Å². The third kappa shape index (κ3) is 4.98. The van der Waals surface area contributed by atoms with Gasteiger partial charge in [0.25, 0.3) is 5.91 Å². The van der Waals surface area contributed by atoms with Gasteiger partial charge in [0.15, 0.2) is 11.6 Å². The monoisotopic (exact) mass is 559 g/mol. The van der Waals surface area contributed by atoms with Crippen molar-refractivity contribution in [1.82, 2.24) is 24.9 Å². The van der Waals surface area contributed by atoms with Crippen LogP contribution >= 0.6 is 34.5 Å². The van der Waals surface area contributed by atoms with Gasteiger partial charge in [-0.3, -0.25) is 4.79 Å². The molecule has 0 unspecified atom stereocenters. The van der Waals surface area contributed by atoms with Crippen molar-refractivity contribution in [2.45, 2.75) is 44.3 Å². The molecule has 4 aromatic rings. The van der Waals surface area contributed by atoms with E-state index in [0.717, 1.165) is 30.8 Å². The number of hydrogen-bond donors (Lipinski definition) is 2. The average Bonchev–Trinajstić information content (AvgIpc) is 3.27. The summed E-state index contributed by atoms with van der Waals surface area (Å²) >= 11 is 14.0. The number of aromatic carboxylic acids is 1. The molecule has 3 aromatic heterocycles. The second-order valence-electron chi connectivity index (χ2n) is 9.45. The first-order chi connectivity index (χ1) is 17.9. The number of carbonyl (C=O) groups is 2. The molecule has 2 N–H and O–H groups in total. The topological polar surface area (TPSA) is 113 Å². The van der Waals surface area contributed by atoms with Crippen molar-refractivity contribution in [2.75, 3.05) is 13.1 Å². The molecule has 1 aromatic carbocycles. The molecule has 4 heterocycles. The van der Waals surface area contributed by atoms with E-state index < -0.39 is 5.97 Å². The quantitative estimate of drug-likeness (QED) is 0.321. The number of aromatic nitrogens is 3. The van der Waals surface area contributed by atoms with Crippen molar-refractivity contribution in [3.63, 3.8) is 0 Å². The minimum atomic E-state index is -1.12. The van der Waals surface area contributed by atoms with Crippen molar-refractivity contribution < 1.29 is 19.2 Å². The van der Waals surface area contributed by atoms with Crippen LogP contribution in [0.4, 0.5) is 0 Å². The van der Waals surface area contributed by atoms with E-state index in [0.29, 0.717) is 32.9 Å². The fraction of sp³-hybridized carbons (Fsp3) is 0.360. The van der Waals surface area contributed by atoms with E-state index in [-0.39, 0.29) is 34.9 Å². The summed E-state index contributed by atoms with van der Waals surface area (Å²) in [6.07, 6.45) is 4.29. The van der Waals surface area contributed by atoms with Gasteiger partial charge in [-0.05, 0) is 49.9 Å². The number of benzene rings is 1. The van der Waals surface area contributed by atoms with Gasteiger partial charge in [0.05, 0.1) is 37.4 Å². The highest BCUT2D eigenvalue weighted by atomic mass is 35.5. The Balaban J connectivity index is 1.31. The predicted octanol–water partition coefficient (Wildman–Crippen LogP) is 5.16. The lowest BCUT2D eigenvalue weighted by Gasteiger charge is -2.32. The van der Waals surface area contributed by atoms with Crippen LogP contribution in [0, 0.1) is 0 Å². The molecule has 0 spiro atoms. The number of thiophene rings is 1. The van der Waals surface area contributed by atoms with Crippen molar-refractivity contribution in [2.24, 2.45) is 0 Å². The zero-order valence-corrected chi connectivity index (χ0v) is 21.9. The molecule has 1 amide bonds. The molecule has 1 saturated carbocycles. The van der Waals surface area contributed by atoms with Gasteiger partial charge in [-0.1, -0.05) is 28.4 Å². The molecular weight excluding hydrogens is 537 g/mol. The van der Waals surface area contributed by atoms with Crippen molar-refractivity contribution in [1.29, 1.82) is 0 Å². The summed E-state index contributed by atoms with van der Waals surface area (Å²) in [7, 11) is 0. The van der Waals surface area contributed by atoms with E-state index in [4.69, 9.17) is 27.7 Å². The van der Waals surface area contributed by atoms with Gasteiger partial charge in [0, 0.05) is 31.2 Å². The Morgan fingerprint density at radius 2 is 1.92 bits per heavy atom. The third-order valence-corrected chi connectivity index (χ3v) is 8.41. The standard InChI is InChI=1S/C25H23Cl2N5O4S/c26-17-9-13(25(34)35)10-19-22(17)32(12-16-11-18(30-36-16)20-3-4-21(27)37-20)23(29-19)24(33)28-14-5-7-31(8-6-14)15-1-2-15/h3-4,9-11,14-15H,1-2,5-8,12H2,(H,28,33)(H,34,35). The molecule has 12 heteroatoms. The highest BCUT2D eigenvalue weighted by molar-refractivity contribution is 7.19. The van der Waals surface area contributed by atoms with Crippen LogP contribution in [-0.4, -0.2) is 61.8 Å². The van der Waals surface area contributed by atoms with Crippen LogP contribution in [0.5, 0.6) is 0 Å². The Morgan fingerprint density at radius 3 is 2.59 bits per heavy atom. The largest absolute Gasteiger partial charge is 0.478 e. The van der Waals surface area contributed by atoms with E-state index >= 15 is 0 Å². The lowest BCUT2D eigenvalue weighted by Crippen LogP contribution is -2.45. The highest BCUT2D eigenvalue weighted by Crippen LogP contribution is 2.33. The highest BCUT2D eigenvalue weighted by Gasteiger charge is 2.33. The maximum atomic E-state index is 13.5. The number of nitrogens with one attached hydrogen (secondary N) is 1. The minimum absolute atomic E-state index is 0.00178. The maximum Gasteiger partial charge on any atom is 0.335 e. The number of nitrogens with zero attached hydrogens (tertiary/aromatic N) is 4. The third-order valence-electron chi connectivity index (χ3n) is 6.87. The number of halogens is 2. The van der Waals surface area contributed by atoms with Gasteiger partial charge < -0.3 is 24.4 Å². The van der Waals surface area contributed by atoms with Crippen molar-refractivity contribution >= 4 is 57.4 Å². The fourth-order valence-corrected chi connectivity index (χ4v) is 6.19. The van der Waals surface area contributed by atoms with E-state index in [1.165, 1.54) is 36.3 Å². The molecule has 0 atom stereocenters. The Labute approximate surface area is 226 Å². The predicted molar refractivity (Wildman–Crippen MR) is 141 cm³/mol. The molecule has 37 heavy (non-hydrogen) atoms. The Kier molecular flexibility index (Phi) is 6.44. The van der Waals surface area contributed by atoms with Gasteiger partial charge in [0.2, 0.25) is 0 Å². The first-order valence-corrected chi connectivity index (χ1v) is 13.6. The summed E-state index contributed by atoms with van der Waals surface area (Å²) in [6.45, 7) is 2.07. The number of piperidine rings is 1. The molecule has 1 saturated heterocycles. The van der Waals surface area contributed by atoms with E-state index in [1.54, 1.807) is 16.7 Å². The summed E-state index contributed by atoms with van der Waals surface area (Å²) in [5, 5.41) is 16.9. The Hall–Kier alpha value is -2.92. The van der Waals surface area contributed by atoms with Crippen LogP contribution in [0.25, 0.3) is 21.6 Å². The number of carboxylic acids is 1. The molecule has 9 nitrogen and oxygen atoms in total. The number of rotatable bonds is 7. The Morgan fingerprint density at radius 1 is 1.14 bits per heavy atom. The number of likely N-dealkylation sites (tertiary alicyclic amines) is 1. The summed E-state index contributed by atoms with van der Waals surface area (Å²) in [5.41, 5.74) is 1.41. The van der Waals surface area contributed by atoms with Crippen molar-refractivity contribution in [3.8, 4) is 10.6 Å². The number of amides is 1. The summed E-state index contributed by atoms with van der Waals surface area (Å²) < 4.78 is 7.87. The van der Waals surface area contributed by atoms with E-state index in [9.17, 15) is 14.7 Å². The molecule has 1 aliphatic heterocycles. The number of hydrogen-bond acceptors (Lipinski definition) is 7. The lowest BCUT2D eigenvalue weighted by molar-refractivity contribution is 0.0696. The van der Waals surface area contributed by atoms with Gasteiger partial charge >= 0.3 is 5.97 Å². The summed E-state index contributed by atoms with van der Waals surface area (Å²) in [6, 6.07) is 8.96. The van der Waals surface area contributed by atoms with Crippen LogP contribution < -0.4 is 5.32 Å². The SMILES string of the molecule is O=C(O)c1cc(Cl)c2c(c1)nc(C(=O)NC1CCN(C3CC3)CC1)n2Cc1cc(-c2ccc(Cl)s2)no1. The van der Waals surface area contributed by atoms with E-state index in [2.05, 4.69) is 20.4 Å². The molecule has 6 rings (SSSR count). The van der Waals surface area contributed by atoms with Crippen LogP contribution in [-0.2, 0) is 6.54 Å². The molecule has 1 aliphatic carbocycles. The number of imidazole rings is 1. The first kappa shape index (κ1) is 24.4. The van der Waals surface area contributed by atoms with Gasteiger partial charge in [0.1, 0.15) is 5.69 Å². The number of carbonyl (C=O) groups excluding carboxylic acids is 1. The summed E-state index contributed by atoms with van der Waals surface area (Å²) in [5.74, 6) is -0.828. The fourth-order valence-electron chi connectivity index (χ4n) is 4.88. The molecule has 192 valence electrons. The molecule has 2 fully saturated rings. The van der Waals surface area contributed by atoms with Crippen molar-refractivity contribution in [3.05, 3.63) is 56.8 Å². The smallest absolute Gasteiger partial charge is 0.335 e. The average molecular weight is 560 g/mol. The number of fused-ring (bicyclic) bond motifs is 1. The van der Waals surface area contributed by atoms with Crippen LogP contribution in [0.15, 0.2) is 34.9 Å². The molecular formula is C25H23Cl2N5O4S. The van der Waals surface area contributed by atoms with Crippen LogP contribution in [0.3, 0.4) is 0 Å². The normalized spacial score (nSPS) is 16.9. The zero-order valence-electron chi connectivity index (χ0n) is 19.6. The summed E-state index contributed by atoms with van der Waals surface area (Å²) in [4.78, 5) is 32.9. The zero-order chi connectivity index (χ0) is 25.7. The minimum Gasteiger partial charge on any atom is -0.478 e. The van der Waals surface area contributed by atoms with Gasteiger partial charge in [-0.25, -0.2) is 9.78 Å². The maximum absolute atomic E-state index is 13.5. The molecule has 0 bridgehead atoms.